The van der Waals surface area contributed by atoms with Gasteiger partial charge >= 0.3 is 5.97 Å². The quantitative estimate of drug-likeness (QED) is 0.785. The minimum atomic E-state index is -0.294. The van der Waals surface area contributed by atoms with Crippen LogP contribution in [0.3, 0.4) is 0 Å². The van der Waals surface area contributed by atoms with Gasteiger partial charge in [-0.3, -0.25) is 9.59 Å². The first-order valence-electron chi connectivity index (χ1n) is 6.17. The molecule has 0 aliphatic heterocycles. The van der Waals surface area contributed by atoms with Gasteiger partial charge in [0.2, 0.25) is 0 Å². The molecular formula is C13H20N2O3. The lowest BCUT2D eigenvalue weighted by molar-refractivity contribution is -0.142. The molecule has 1 heterocycles. The van der Waals surface area contributed by atoms with Crippen LogP contribution in [0.15, 0.2) is 18.3 Å². The van der Waals surface area contributed by atoms with Crippen LogP contribution in [0.5, 0.6) is 0 Å². The first kappa shape index (κ1) is 14.3. The van der Waals surface area contributed by atoms with E-state index in [0.29, 0.717) is 18.8 Å². The number of rotatable bonds is 6. The molecule has 0 aromatic carbocycles. The Balaban J connectivity index is 2.46. The predicted molar refractivity (Wildman–Crippen MR) is 68.4 cm³/mol. The summed E-state index contributed by atoms with van der Waals surface area (Å²) >= 11 is 0. The summed E-state index contributed by atoms with van der Waals surface area (Å²) < 4.78 is 6.67. The largest absolute Gasteiger partial charge is 0.466 e. The van der Waals surface area contributed by atoms with Gasteiger partial charge in [-0.15, -0.1) is 0 Å². The van der Waals surface area contributed by atoms with Gasteiger partial charge in [-0.1, -0.05) is 0 Å². The highest BCUT2D eigenvalue weighted by atomic mass is 16.5. The van der Waals surface area contributed by atoms with Gasteiger partial charge in [0.15, 0.2) is 0 Å². The molecule has 0 unspecified atom stereocenters. The molecule has 0 radical (unpaired) electrons. The summed E-state index contributed by atoms with van der Waals surface area (Å²) in [7, 11) is 0. The van der Waals surface area contributed by atoms with E-state index in [4.69, 9.17) is 4.74 Å². The molecule has 0 aliphatic rings. The molecule has 0 spiro atoms. The lowest BCUT2D eigenvalue weighted by atomic mass is 10.3. The van der Waals surface area contributed by atoms with Gasteiger partial charge in [0.05, 0.1) is 13.0 Å². The van der Waals surface area contributed by atoms with Crippen molar-refractivity contribution < 1.29 is 14.3 Å². The highest BCUT2D eigenvalue weighted by Crippen LogP contribution is 2.10. The molecule has 1 aromatic heterocycles. The number of aromatic nitrogens is 1. The Morgan fingerprint density at radius 2 is 2.17 bits per heavy atom. The average Bonchev–Trinajstić information content (AvgIpc) is 2.78. The third kappa shape index (κ3) is 3.91. The zero-order valence-electron chi connectivity index (χ0n) is 11.1. The van der Waals surface area contributed by atoms with Crippen LogP contribution < -0.4 is 5.32 Å². The van der Waals surface area contributed by atoms with E-state index in [0.717, 1.165) is 0 Å². The number of carbonyl (C=O) groups is 2. The molecule has 100 valence electrons. The van der Waals surface area contributed by atoms with Crippen molar-refractivity contribution in [3.8, 4) is 0 Å². The Hall–Kier alpha value is -1.78. The maximum absolute atomic E-state index is 11.9. The second-order valence-electron chi connectivity index (χ2n) is 4.21. The summed E-state index contributed by atoms with van der Waals surface area (Å²) in [6, 6.07) is 3.82. The topological polar surface area (TPSA) is 60.3 Å². The van der Waals surface area contributed by atoms with Gasteiger partial charge in [0.25, 0.3) is 5.91 Å². The Morgan fingerprint density at radius 3 is 2.78 bits per heavy atom. The highest BCUT2D eigenvalue weighted by Gasteiger charge is 2.12. The lowest BCUT2D eigenvalue weighted by Crippen LogP contribution is -2.28. The number of carbonyl (C=O) groups excluding carboxylic acids is 2. The standard InChI is InChI=1S/C13H20N2O3/c1-4-18-12(16)7-8-14-13(17)11-6-5-9-15(11)10(2)3/h5-6,9-10H,4,7-8H2,1-3H3,(H,14,17). The summed E-state index contributed by atoms with van der Waals surface area (Å²) in [5, 5.41) is 2.71. The summed E-state index contributed by atoms with van der Waals surface area (Å²) in [4.78, 5) is 23.0. The summed E-state index contributed by atoms with van der Waals surface area (Å²) in [6.07, 6.45) is 2.06. The second-order valence-corrected chi connectivity index (χ2v) is 4.21. The molecule has 0 bridgehead atoms. The highest BCUT2D eigenvalue weighted by molar-refractivity contribution is 5.93. The number of nitrogens with zero attached hydrogens (tertiary/aromatic N) is 1. The van der Waals surface area contributed by atoms with Crippen LogP contribution >= 0.6 is 0 Å². The fourth-order valence-electron chi connectivity index (χ4n) is 1.64. The first-order valence-corrected chi connectivity index (χ1v) is 6.17. The maximum Gasteiger partial charge on any atom is 0.307 e. The fourth-order valence-corrected chi connectivity index (χ4v) is 1.64. The van der Waals surface area contributed by atoms with Gasteiger partial charge in [0, 0.05) is 18.8 Å². The Labute approximate surface area is 107 Å². The van der Waals surface area contributed by atoms with E-state index in [1.54, 1.807) is 13.0 Å². The first-order chi connectivity index (χ1) is 8.56. The minimum absolute atomic E-state index is 0.169. The Kier molecular flexibility index (Phi) is 5.42. The SMILES string of the molecule is CCOC(=O)CCNC(=O)c1cccn1C(C)C. The molecule has 5 nitrogen and oxygen atoms in total. The van der Waals surface area contributed by atoms with Gasteiger partial charge < -0.3 is 14.6 Å². The summed E-state index contributed by atoms with van der Waals surface area (Å²) in [5.41, 5.74) is 0.605. The van der Waals surface area contributed by atoms with E-state index in [1.165, 1.54) is 0 Å². The van der Waals surface area contributed by atoms with E-state index < -0.39 is 0 Å². The van der Waals surface area contributed by atoms with Crippen LogP contribution in [0.25, 0.3) is 0 Å². The van der Waals surface area contributed by atoms with Crippen molar-refractivity contribution in [1.29, 1.82) is 0 Å². The number of hydrogen-bond acceptors (Lipinski definition) is 3. The van der Waals surface area contributed by atoms with E-state index >= 15 is 0 Å². The Bertz CT molecular complexity index is 410. The van der Waals surface area contributed by atoms with Crippen LogP contribution in [-0.2, 0) is 9.53 Å². The maximum atomic E-state index is 11.9. The number of amides is 1. The van der Waals surface area contributed by atoms with Crippen molar-refractivity contribution in [2.24, 2.45) is 0 Å². The normalized spacial score (nSPS) is 10.4. The summed E-state index contributed by atoms with van der Waals surface area (Å²) in [5.74, 6) is -0.463. The lowest BCUT2D eigenvalue weighted by Gasteiger charge is -2.12. The number of esters is 1. The summed E-state index contributed by atoms with van der Waals surface area (Å²) in [6.45, 7) is 6.43. The van der Waals surface area contributed by atoms with Crippen molar-refractivity contribution in [2.75, 3.05) is 13.2 Å². The van der Waals surface area contributed by atoms with Gasteiger partial charge in [-0.25, -0.2) is 0 Å². The Morgan fingerprint density at radius 1 is 1.44 bits per heavy atom. The zero-order valence-corrected chi connectivity index (χ0v) is 11.1. The molecule has 18 heavy (non-hydrogen) atoms. The van der Waals surface area contributed by atoms with Crippen LogP contribution in [-0.4, -0.2) is 29.6 Å². The van der Waals surface area contributed by atoms with Crippen LogP contribution in [0.4, 0.5) is 0 Å². The molecule has 1 N–H and O–H groups in total. The molecule has 1 amide bonds. The van der Waals surface area contributed by atoms with E-state index in [9.17, 15) is 9.59 Å². The van der Waals surface area contributed by atoms with Gasteiger partial charge in [-0.05, 0) is 32.9 Å². The number of nitrogens with one attached hydrogen (secondary N) is 1. The van der Waals surface area contributed by atoms with Gasteiger partial charge in [0.1, 0.15) is 5.69 Å². The van der Waals surface area contributed by atoms with Crippen molar-refractivity contribution in [3.05, 3.63) is 24.0 Å². The van der Waals surface area contributed by atoms with Gasteiger partial charge in [-0.2, -0.15) is 0 Å². The third-order valence-corrected chi connectivity index (χ3v) is 2.49. The molecule has 0 saturated carbocycles. The van der Waals surface area contributed by atoms with Crippen molar-refractivity contribution in [2.45, 2.75) is 33.2 Å². The average molecular weight is 252 g/mol. The third-order valence-electron chi connectivity index (χ3n) is 2.49. The van der Waals surface area contributed by atoms with Crippen LogP contribution in [0, 0.1) is 0 Å². The minimum Gasteiger partial charge on any atom is -0.466 e. The van der Waals surface area contributed by atoms with E-state index in [-0.39, 0.29) is 24.3 Å². The fraction of sp³-hybridized carbons (Fsp3) is 0.538. The molecule has 0 saturated heterocycles. The molecule has 5 heteroatoms. The second kappa shape index (κ2) is 6.83. The van der Waals surface area contributed by atoms with Crippen molar-refractivity contribution in [1.82, 2.24) is 9.88 Å². The van der Waals surface area contributed by atoms with Crippen LogP contribution in [0.1, 0.15) is 43.7 Å². The molecule has 0 aliphatic carbocycles. The van der Waals surface area contributed by atoms with Crippen molar-refractivity contribution in [3.63, 3.8) is 0 Å². The monoisotopic (exact) mass is 252 g/mol. The van der Waals surface area contributed by atoms with E-state index in [1.807, 2.05) is 30.7 Å². The zero-order chi connectivity index (χ0) is 13.5. The number of ether oxygens (including phenoxy) is 1. The smallest absolute Gasteiger partial charge is 0.307 e. The number of hydrogen-bond donors (Lipinski definition) is 1. The molecular weight excluding hydrogens is 232 g/mol. The predicted octanol–water partition coefficient (Wildman–Crippen LogP) is 1.75. The molecule has 1 aromatic rings. The van der Waals surface area contributed by atoms with Crippen LogP contribution in [0.2, 0.25) is 0 Å². The molecule has 0 atom stereocenters. The van der Waals surface area contributed by atoms with Crippen molar-refractivity contribution >= 4 is 11.9 Å². The molecule has 1 rings (SSSR count). The molecule has 0 fully saturated rings. The van der Waals surface area contributed by atoms with E-state index in [2.05, 4.69) is 5.32 Å².